The second-order valence-electron chi connectivity index (χ2n) is 5.86. The Balaban J connectivity index is 1.72. The third-order valence-electron chi connectivity index (χ3n) is 3.96. The van der Waals surface area contributed by atoms with E-state index in [2.05, 4.69) is 5.32 Å². The van der Waals surface area contributed by atoms with Crippen LogP contribution >= 0.6 is 23.1 Å². The number of nitrogens with one attached hydrogen (secondary N) is 1. The summed E-state index contributed by atoms with van der Waals surface area (Å²) in [7, 11) is 0. The summed E-state index contributed by atoms with van der Waals surface area (Å²) in [5.74, 6) is -0.0489. The van der Waals surface area contributed by atoms with Crippen LogP contribution in [0, 0.1) is 6.92 Å². The van der Waals surface area contributed by atoms with Gasteiger partial charge in [0, 0.05) is 17.1 Å². The lowest BCUT2D eigenvalue weighted by atomic mass is 10.2. The maximum absolute atomic E-state index is 12.5. The van der Waals surface area contributed by atoms with Crippen molar-refractivity contribution in [2.75, 3.05) is 5.32 Å². The van der Waals surface area contributed by atoms with Crippen molar-refractivity contribution in [3.8, 4) is 0 Å². The number of benzene rings is 2. The van der Waals surface area contributed by atoms with E-state index in [1.165, 1.54) is 28.7 Å². The Morgan fingerprint density at radius 3 is 2.64 bits per heavy atom. The molecule has 0 saturated heterocycles. The van der Waals surface area contributed by atoms with Crippen LogP contribution in [0.4, 0.5) is 5.69 Å². The largest absolute Gasteiger partial charge is 0.325 e. The van der Waals surface area contributed by atoms with E-state index in [1.807, 2.05) is 63.2 Å². The summed E-state index contributed by atoms with van der Waals surface area (Å²) in [5.41, 5.74) is 2.84. The summed E-state index contributed by atoms with van der Waals surface area (Å²) in [4.78, 5) is 25.5. The molecule has 130 valence electrons. The van der Waals surface area contributed by atoms with Crippen LogP contribution in [0.3, 0.4) is 0 Å². The molecular formula is C19H20N2O2S2. The van der Waals surface area contributed by atoms with E-state index in [0.717, 1.165) is 20.8 Å². The molecule has 0 aliphatic carbocycles. The fourth-order valence-electron chi connectivity index (χ4n) is 2.56. The molecule has 3 rings (SSSR count). The van der Waals surface area contributed by atoms with Crippen LogP contribution in [-0.2, 0) is 11.3 Å². The van der Waals surface area contributed by atoms with Gasteiger partial charge in [0.1, 0.15) is 0 Å². The minimum absolute atomic E-state index is 0.0317. The number of nitrogens with zero attached hydrogens (tertiary/aromatic N) is 1. The van der Waals surface area contributed by atoms with Crippen LogP contribution in [0.1, 0.15) is 19.4 Å². The van der Waals surface area contributed by atoms with Crippen LogP contribution in [0.15, 0.2) is 52.2 Å². The normalized spacial score (nSPS) is 12.3. The van der Waals surface area contributed by atoms with E-state index in [-0.39, 0.29) is 16.0 Å². The number of fused-ring (bicyclic) bond motifs is 1. The van der Waals surface area contributed by atoms with Gasteiger partial charge in [-0.2, -0.15) is 0 Å². The summed E-state index contributed by atoms with van der Waals surface area (Å²) >= 11 is 2.74. The minimum atomic E-state index is -0.211. The first-order valence-electron chi connectivity index (χ1n) is 8.15. The number of thiazole rings is 1. The SMILES string of the molecule is CCn1c(=O)sc2cc(NC(=O)C(C)Sc3ccc(C)cc3)ccc21. The zero-order chi connectivity index (χ0) is 18.0. The number of carbonyl (C=O) groups excluding carboxylic acids is 1. The number of hydrogen-bond acceptors (Lipinski definition) is 4. The highest BCUT2D eigenvalue weighted by Gasteiger charge is 2.15. The van der Waals surface area contributed by atoms with E-state index in [9.17, 15) is 9.59 Å². The molecule has 6 heteroatoms. The molecule has 1 heterocycles. The number of amides is 1. The summed E-state index contributed by atoms with van der Waals surface area (Å²) in [5, 5.41) is 2.74. The van der Waals surface area contributed by atoms with Crippen molar-refractivity contribution in [2.45, 2.75) is 37.5 Å². The van der Waals surface area contributed by atoms with Crippen molar-refractivity contribution in [1.29, 1.82) is 0 Å². The summed E-state index contributed by atoms with van der Waals surface area (Å²) in [6.07, 6.45) is 0. The van der Waals surface area contributed by atoms with Gasteiger partial charge in [-0.15, -0.1) is 11.8 Å². The highest BCUT2D eigenvalue weighted by atomic mass is 32.2. The van der Waals surface area contributed by atoms with Crippen LogP contribution in [0.5, 0.6) is 0 Å². The Kier molecular flexibility index (Phi) is 5.30. The van der Waals surface area contributed by atoms with Gasteiger partial charge in [0.05, 0.1) is 15.5 Å². The number of aryl methyl sites for hydroxylation is 2. The standard InChI is InChI=1S/C19H20N2O2S2/c1-4-21-16-10-7-14(11-17(16)25-19(21)23)20-18(22)13(3)24-15-8-5-12(2)6-9-15/h5-11,13H,4H2,1-3H3,(H,20,22). The molecular weight excluding hydrogens is 352 g/mol. The Morgan fingerprint density at radius 1 is 1.24 bits per heavy atom. The van der Waals surface area contributed by atoms with Gasteiger partial charge in [-0.3, -0.25) is 14.2 Å². The predicted octanol–water partition coefficient (Wildman–Crippen LogP) is 4.51. The van der Waals surface area contributed by atoms with Gasteiger partial charge in [-0.1, -0.05) is 29.0 Å². The van der Waals surface area contributed by atoms with E-state index in [4.69, 9.17) is 0 Å². The molecule has 1 amide bonds. The molecule has 25 heavy (non-hydrogen) atoms. The van der Waals surface area contributed by atoms with Gasteiger partial charge in [0.25, 0.3) is 0 Å². The van der Waals surface area contributed by atoms with Gasteiger partial charge in [-0.05, 0) is 51.1 Å². The number of aromatic nitrogens is 1. The van der Waals surface area contributed by atoms with Crippen molar-refractivity contribution >= 4 is 44.9 Å². The first kappa shape index (κ1) is 17.8. The number of thioether (sulfide) groups is 1. The number of hydrogen-bond donors (Lipinski definition) is 1. The Bertz CT molecular complexity index is 958. The molecule has 0 aliphatic heterocycles. The van der Waals surface area contributed by atoms with Gasteiger partial charge >= 0.3 is 4.87 Å². The Morgan fingerprint density at radius 2 is 1.96 bits per heavy atom. The molecule has 1 N–H and O–H groups in total. The monoisotopic (exact) mass is 372 g/mol. The summed E-state index contributed by atoms with van der Waals surface area (Å²) < 4.78 is 2.63. The van der Waals surface area contributed by atoms with Crippen LogP contribution in [-0.4, -0.2) is 15.7 Å². The molecule has 1 atom stereocenters. The Hall–Kier alpha value is -2.05. The minimum Gasteiger partial charge on any atom is -0.325 e. The topological polar surface area (TPSA) is 51.1 Å². The lowest BCUT2D eigenvalue weighted by Gasteiger charge is -2.12. The van der Waals surface area contributed by atoms with Crippen molar-refractivity contribution in [3.63, 3.8) is 0 Å². The van der Waals surface area contributed by atoms with E-state index < -0.39 is 0 Å². The lowest BCUT2D eigenvalue weighted by molar-refractivity contribution is -0.115. The second-order valence-corrected chi connectivity index (χ2v) is 8.26. The molecule has 3 aromatic rings. The molecule has 0 aliphatic rings. The van der Waals surface area contributed by atoms with Crippen LogP contribution in [0.25, 0.3) is 10.2 Å². The fraction of sp³-hybridized carbons (Fsp3) is 0.263. The molecule has 0 radical (unpaired) electrons. The quantitative estimate of drug-likeness (QED) is 0.671. The predicted molar refractivity (Wildman–Crippen MR) is 107 cm³/mol. The van der Waals surface area contributed by atoms with Crippen molar-refractivity contribution in [2.24, 2.45) is 0 Å². The average molecular weight is 373 g/mol. The average Bonchev–Trinajstić information content (AvgIpc) is 2.91. The van der Waals surface area contributed by atoms with Crippen LogP contribution in [0.2, 0.25) is 0 Å². The first-order valence-corrected chi connectivity index (χ1v) is 9.85. The number of anilines is 1. The maximum atomic E-state index is 12.5. The second kappa shape index (κ2) is 7.45. The molecule has 1 aromatic heterocycles. The highest BCUT2D eigenvalue weighted by Crippen LogP contribution is 2.26. The smallest absolute Gasteiger partial charge is 0.308 e. The van der Waals surface area contributed by atoms with E-state index in [1.54, 1.807) is 4.57 Å². The summed E-state index contributed by atoms with van der Waals surface area (Å²) in [6, 6.07) is 13.8. The summed E-state index contributed by atoms with van der Waals surface area (Å²) in [6.45, 7) is 6.53. The molecule has 2 aromatic carbocycles. The molecule has 4 nitrogen and oxygen atoms in total. The molecule has 0 bridgehead atoms. The zero-order valence-corrected chi connectivity index (χ0v) is 16.0. The van der Waals surface area contributed by atoms with Crippen LogP contribution < -0.4 is 10.2 Å². The fourth-order valence-corrected chi connectivity index (χ4v) is 4.42. The van der Waals surface area contributed by atoms with Gasteiger partial charge in [-0.25, -0.2) is 0 Å². The maximum Gasteiger partial charge on any atom is 0.308 e. The van der Waals surface area contributed by atoms with Crippen molar-refractivity contribution in [3.05, 3.63) is 57.7 Å². The third-order valence-corrected chi connectivity index (χ3v) is 6.01. The number of rotatable bonds is 5. The molecule has 0 spiro atoms. The highest BCUT2D eigenvalue weighted by molar-refractivity contribution is 8.00. The van der Waals surface area contributed by atoms with Gasteiger partial charge in [0.2, 0.25) is 5.91 Å². The number of carbonyl (C=O) groups is 1. The van der Waals surface area contributed by atoms with Gasteiger partial charge < -0.3 is 5.32 Å². The first-order chi connectivity index (χ1) is 12.0. The van der Waals surface area contributed by atoms with E-state index in [0.29, 0.717) is 6.54 Å². The third kappa shape index (κ3) is 3.96. The molecule has 1 unspecified atom stereocenters. The Labute approximate surface area is 154 Å². The van der Waals surface area contributed by atoms with Crippen molar-refractivity contribution in [1.82, 2.24) is 4.57 Å². The molecule has 0 saturated carbocycles. The van der Waals surface area contributed by atoms with E-state index >= 15 is 0 Å². The van der Waals surface area contributed by atoms with Gasteiger partial charge in [0.15, 0.2) is 0 Å². The lowest BCUT2D eigenvalue weighted by Crippen LogP contribution is -2.22. The molecule has 0 fully saturated rings. The van der Waals surface area contributed by atoms with Crippen molar-refractivity contribution < 1.29 is 4.79 Å². The zero-order valence-electron chi connectivity index (χ0n) is 14.4.